The molecule has 3 heteroatoms. The summed E-state index contributed by atoms with van der Waals surface area (Å²) in [5.74, 6) is 0. The van der Waals surface area contributed by atoms with Gasteiger partial charge in [-0.25, -0.2) is 0 Å². The fourth-order valence-corrected chi connectivity index (χ4v) is 6.09. The third kappa shape index (κ3) is 1.62. The van der Waals surface area contributed by atoms with Crippen LogP contribution in [0.4, 0.5) is 0 Å². The van der Waals surface area contributed by atoms with Crippen molar-refractivity contribution in [3.8, 4) is 0 Å². The number of aromatic nitrogens is 1. The summed E-state index contributed by atoms with van der Waals surface area (Å²) in [7, 11) is 0. The second-order valence-corrected chi connectivity index (χ2v) is 8.65. The summed E-state index contributed by atoms with van der Waals surface area (Å²) in [6, 6.07) is 26.2. The molecule has 0 saturated heterocycles. The predicted molar refractivity (Wildman–Crippen MR) is 119 cm³/mol. The number of halogens is 1. The summed E-state index contributed by atoms with van der Waals surface area (Å²) in [5, 5.41) is 8.60. The smallest absolute Gasteiger partial charge is 0.0619 e. The number of nitrogens with zero attached hydrogens (tertiary/aromatic N) is 1. The number of benzene rings is 4. The Balaban J connectivity index is 2.03. The largest absolute Gasteiger partial charge is 0.308 e. The van der Waals surface area contributed by atoms with Crippen LogP contribution in [0.5, 0.6) is 0 Å². The molecule has 0 aliphatic heterocycles. The number of hydrogen-bond donors (Lipinski definition) is 0. The first-order valence-electron chi connectivity index (χ1n) is 8.99. The maximum atomic E-state index is 6.36. The third-order valence-corrected chi connectivity index (χ3v) is 7.14. The maximum absolute atomic E-state index is 6.36. The maximum Gasteiger partial charge on any atom is 0.0619 e. The summed E-state index contributed by atoms with van der Waals surface area (Å²) in [6.45, 7) is 0. The monoisotopic (exact) mass is 381 g/mol. The molecule has 4 aromatic carbocycles. The molecule has 0 radical (unpaired) electrons. The van der Waals surface area contributed by atoms with E-state index in [1.54, 1.807) is 0 Å². The van der Waals surface area contributed by atoms with Crippen molar-refractivity contribution >= 4 is 81.2 Å². The highest BCUT2D eigenvalue weighted by molar-refractivity contribution is 7.26. The van der Waals surface area contributed by atoms with E-state index < -0.39 is 0 Å². The van der Waals surface area contributed by atoms with Gasteiger partial charge in [0.15, 0.2) is 0 Å². The molecule has 27 heavy (non-hydrogen) atoms. The van der Waals surface area contributed by atoms with Crippen molar-refractivity contribution in [2.24, 2.45) is 0 Å². The van der Waals surface area contributed by atoms with Crippen LogP contribution in [0.1, 0.15) is 0 Å². The normalized spacial score (nSPS) is 12.6. The van der Waals surface area contributed by atoms with Crippen LogP contribution in [0.2, 0.25) is 5.02 Å². The lowest BCUT2D eigenvalue weighted by Gasteiger charge is -2.01. The number of rotatable bonds is 0. The van der Waals surface area contributed by atoms with Crippen molar-refractivity contribution < 1.29 is 0 Å². The van der Waals surface area contributed by atoms with Crippen LogP contribution in [0.25, 0.3) is 58.3 Å². The fourth-order valence-electron chi connectivity index (χ4n) is 4.77. The van der Waals surface area contributed by atoms with E-state index >= 15 is 0 Å². The summed E-state index contributed by atoms with van der Waals surface area (Å²) in [5.41, 5.74) is 3.75. The van der Waals surface area contributed by atoms with Gasteiger partial charge in [-0.3, -0.25) is 0 Å². The number of hydrogen-bond acceptors (Lipinski definition) is 1. The van der Waals surface area contributed by atoms with Gasteiger partial charge in [0.1, 0.15) is 0 Å². The van der Waals surface area contributed by atoms with Crippen LogP contribution < -0.4 is 0 Å². The van der Waals surface area contributed by atoms with Crippen molar-refractivity contribution in [2.75, 3.05) is 0 Å². The van der Waals surface area contributed by atoms with Crippen molar-refractivity contribution in [3.63, 3.8) is 0 Å². The standard InChI is InChI=1S/C24H12ClNS/c25-13-10-11-18-17(12-13)16-6-1-5-15-14-4-2-8-20-22(14)23-19(26(18)24(15)16)7-3-9-21(23)27-20/h1-12H. The molecule has 0 N–H and O–H groups in total. The summed E-state index contributed by atoms with van der Waals surface area (Å²) in [6.07, 6.45) is 0. The third-order valence-electron chi connectivity index (χ3n) is 5.78. The van der Waals surface area contributed by atoms with Gasteiger partial charge in [0, 0.05) is 41.4 Å². The van der Waals surface area contributed by atoms with Gasteiger partial charge in [-0.1, -0.05) is 48.0 Å². The first-order valence-corrected chi connectivity index (χ1v) is 10.2. The first-order chi connectivity index (χ1) is 13.3. The Morgan fingerprint density at radius 3 is 2.22 bits per heavy atom. The fraction of sp³-hybridized carbons (Fsp3) is 0. The van der Waals surface area contributed by atoms with Crippen LogP contribution in [0.15, 0.2) is 72.8 Å². The molecule has 0 unspecified atom stereocenters. The van der Waals surface area contributed by atoms with Crippen LogP contribution in [-0.2, 0) is 0 Å². The summed E-state index contributed by atoms with van der Waals surface area (Å²) >= 11 is 8.24. The minimum atomic E-state index is 0.778. The van der Waals surface area contributed by atoms with Crippen molar-refractivity contribution in [2.45, 2.75) is 0 Å². The SMILES string of the molecule is Clc1ccc2c(c1)c1cccc3c4cccc5sc6cccc(c6c54)n2c31. The van der Waals surface area contributed by atoms with Gasteiger partial charge in [-0.05, 0) is 41.8 Å². The lowest BCUT2D eigenvalue weighted by Crippen LogP contribution is -1.84. The van der Waals surface area contributed by atoms with E-state index in [1.165, 1.54) is 58.3 Å². The van der Waals surface area contributed by atoms with Crippen LogP contribution in [0.3, 0.4) is 0 Å². The van der Waals surface area contributed by atoms with E-state index in [4.69, 9.17) is 11.6 Å². The summed E-state index contributed by atoms with van der Waals surface area (Å²) in [4.78, 5) is 0. The van der Waals surface area contributed by atoms with Gasteiger partial charge in [-0.2, -0.15) is 0 Å². The molecular formula is C24H12ClNS. The van der Waals surface area contributed by atoms with Crippen molar-refractivity contribution in [1.29, 1.82) is 0 Å². The molecule has 0 atom stereocenters. The molecule has 0 spiro atoms. The highest BCUT2D eigenvalue weighted by Crippen LogP contribution is 2.44. The van der Waals surface area contributed by atoms with Crippen LogP contribution >= 0.6 is 22.9 Å². The van der Waals surface area contributed by atoms with Crippen molar-refractivity contribution in [1.82, 2.24) is 4.40 Å². The topological polar surface area (TPSA) is 4.41 Å². The lowest BCUT2D eigenvalue weighted by molar-refractivity contribution is 1.36. The second kappa shape index (κ2) is 4.72. The Labute approximate surface area is 163 Å². The molecule has 1 nitrogen and oxygen atoms in total. The molecule has 0 amide bonds. The molecule has 0 aliphatic rings. The van der Waals surface area contributed by atoms with Crippen LogP contribution in [-0.4, -0.2) is 4.40 Å². The molecule has 0 aliphatic carbocycles. The Kier molecular flexibility index (Phi) is 2.49. The lowest BCUT2D eigenvalue weighted by atomic mass is 10.0. The van der Waals surface area contributed by atoms with E-state index in [-0.39, 0.29) is 0 Å². The molecule has 0 fully saturated rings. The van der Waals surface area contributed by atoms with Gasteiger partial charge in [-0.15, -0.1) is 11.3 Å². The van der Waals surface area contributed by atoms with E-state index in [9.17, 15) is 0 Å². The average Bonchev–Trinajstić information content (AvgIpc) is 3.19. The minimum Gasteiger partial charge on any atom is -0.308 e. The van der Waals surface area contributed by atoms with E-state index in [2.05, 4.69) is 71.1 Å². The van der Waals surface area contributed by atoms with Crippen LogP contribution in [0, 0.1) is 0 Å². The van der Waals surface area contributed by atoms with E-state index in [1.807, 2.05) is 17.4 Å². The molecule has 0 bridgehead atoms. The number of thiophene rings is 1. The van der Waals surface area contributed by atoms with Gasteiger partial charge >= 0.3 is 0 Å². The van der Waals surface area contributed by atoms with Gasteiger partial charge in [0.05, 0.1) is 16.6 Å². The molecule has 126 valence electrons. The zero-order valence-electron chi connectivity index (χ0n) is 14.2. The summed E-state index contributed by atoms with van der Waals surface area (Å²) < 4.78 is 5.13. The predicted octanol–water partition coefficient (Wildman–Crippen LogP) is 7.86. The molecule has 3 aromatic heterocycles. The molecule has 7 rings (SSSR count). The number of para-hydroxylation sites is 1. The van der Waals surface area contributed by atoms with Gasteiger partial charge in [0.25, 0.3) is 0 Å². The number of fused-ring (bicyclic) bond motifs is 5. The van der Waals surface area contributed by atoms with Gasteiger partial charge in [0.2, 0.25) is 0 Å². The van der Waals surface area contributed by atoms with E-state index in [0.717, 1.165) is 5.02 Å². The molecule has 3 heterocycles. The zero-order valence-corrected chi connectivity index (χ0v) is 15.7. The highest BCUT2D eigenvalue weighted by Gasteiger charge is 2.18. The Morgan fingerprint density at radius 2 is 1.33 bits per heavy atom. The average molecular weight is 382 g/mol. The first kappa shape index (κ1) is 14.3. The quantitative estimate of drug-likeness (QED) is 0.252. The molecule has 7 aromatic rings. The van der Waals surface area contributed by atoms with Crippen molar-refractivity contribution in [3.05, 3.63) is 77.8 Å². The Morgan fingerprint density at radius 1 is 0.630 bits per heavy atom. The molecule has 0 saturated carbocycles. The Bertz CT molecular complexity index is 1690. The second-order valence-electron chi connectivity index (χ2n) is 7.13. The van der Waals surface area contributed by atoms with E-state index in [0.29, 0.717) is 0 Å². The Hall–Kier alpha value is -2.81. The minimum absolute atomic E-state index is 0.778. The zero-order chi connectivity index (χ0) is 17.7. The molecular weight excluding hydrogens is 370 g/mol. The van der Waals surface area contributed by atoms with Gasteiger partial charge < -0.3 is 4.40 Å². The highest BCUT2D eigenvalue weighted by atomic mass is 35.5.